The number of hydrogen-bond donors (Lipinski definition) is 1. The predicted octanol–water partition coefficient (Wildman–Crippen LogP) is 2.15. The first-order valence-corrected chi connectivity index (χ1v) is 5.62. The monoisotopic (exact) mass is 183 g/mol. The van der Waals surface area contributed by atoms with E-state index in [2.05, 4.69) is 5.32 Å². The van der Waals surface area contributed by atoms with E-state index >= 15 is 0 Å². The first-order valence-electron chi connectivity index (χ1n) is 5.62. The molecule has 76 valence electrons. The van der Waals surface area contributed by atoms with E-state index in [1.165, 1.54) is 38.5 Å². The van der Waals surface area contributed by atoms with Gasteiger partial charge in [0.05, 0.1) is 6.73 Å². The van der Waals surface area contributed by atoms with Crippen molar-refractivity contribution < 1.29 is 4.74 Å². The van der Waals surface area contributed by atoms with Gasteiger partial charge in [-0.05, 0) is 50.4 Å². The highest BCUT2D eigenvalue weighted by molar-refractivity contribution is 4.86. The van der Waals surface area contributed by atoms with Gasteiger partial charge in [0.1, 0.15) is 0 Å². The summed E-state index contributed by atoms with van der Waals surface area (Å²) in [6.07, 6.45) is 8.66. The minimum atomic E-state index is 0.721. The fourth-order valence-electron chi connectivity index (χ4n) is 2.56. The van der Waals surface area contributed by atoms with Crippen LogP contribution in [0.3, 0.4) is 0 Å². The largest absolute Gasteiger partial charge is 0.370 e. The number of methoxy groups -OCH3 is 1. The Morgan fingerprint density at radius 1 is 1.00 bits per heavy atom. The van der Waals surface area contributed by atoms with E-state index in [-0.39, 0.29) is 0 Å². The first kappa shape index (κ1) is 9.47. The van der Waals surface area contributed by atoms with Crippen molar-refractivity contribution in [1.82, 2.24) is 5.32 Å². The van der Waals surface area contributed by atoms with Crippen LogP contribution in [0, 0.1) is 11.8 Å². The van der Waals surface area contributed by atoms with Crippen molar-refractivity contribution in [2.45, 2.75) is 44.6 Å². The Labute approximate surface area is 81.0 Å². The number of nitrogens with one attached hydrogen (secondary N) is 1. The number of hydrogen-bond acceptors (Lipinski definition) is 2. The normalized spacial score (nSPS) is 34.8. The average Bonchev–Trinajstić information content (AvgIpc) is 2.99. The van der Waals surface area contributed by atoms with Crippen LogP contribution in [0.15, 0.2) is 0 Å². The second-order valence-corrected chi connectivity index (χ2v) is 4.59. The third kappa shape index (κ3) is 2.68. The van der Waals surface area contributed by atoms with Gasteiger partial charge in [0.25, 0.3) is 0 Å². The highest BCUT2D eigenvalue weighted by Crippen LogP contribution is 2.43. The van der Waals surface area contributed by atoms with Crippen LogP contribution in [-0.4, -0.2) is 19.9 Å². The molecule has 0 heterocycles. The SMILES string of the molecule is COCN[C@H]1CC[C@H](C2CC2)CC1. The van der Waals surface area contributed by atoms with Crippen LogP contribution in [-0.2, 0) is 4.74 Å². The van der Waals surface area contributed by atoms with Crippen LogP contribution in [0.4, 0.5) is 0 Å². The Kier molecular flexibility index (Phi) is 3.23. The van der Waals surface area contributed by atoms with Crippen LogP contribution in [0.5, 0.6) is 0 Å². The number of ether oxygens (including phenoxy) is 1. The Morgan fingerprint density at radius 2 is 1.54 bits per heavy atom. The quantitative estimate of drug-likeness (QED) is 0.674. The van der Waals surface area contributed by atoms with Gasteiger partial charge < -0.3 is 4.74 Å². The Balaban J connectivity index is 1.63. The summed E-state index contributed by atoms with van der Waals surface area (Å²) in [5.74, 6) is 2.18. The third-order valence-corrected chi connectivity index (χ3v) is 3.58. The standard InChI is InChI=1S/C11H21NO/c1-13-8-12-11-6-4-10(5-7-11)9-2-3-9/h9-12H,2-8H2,1H3/t10-,11-. The van der Waals surface area contributed by atoms with Gasteiger partial charge in [-0.15, -0.1) is 0 Å². The van der Waals surface area contributed by atoms with Gasteiger partial charge in [0.15, 0.2) is 0 Å². The molecule has 2 heteroatoms. The molecule has 0 atom stereocenters. The van der Waals surface area contributed by atoms with Crippen molar-refractivity contribution in [3.05, 3.63) is 0 Å². The van der Waals surface area contributed by atoms with E-state index in [9.17, 15) is 0 Å². The third-order valence-electron chi connectivity index (χ3n) is 3.58. The zero-order valence-electron chi connectivity index (χ0n) is 8.59. The molecular formula is C11H21NO. The summed E-state index contributed by atoms with van der Waals surface area (Å²) in [6.45, 7) is 0.721. The molecule has 0 aromatic carbocycles. The van der Waals surface area contributed by atoms with Crippen molar-refractivity contribution in [3.8, 4) is 0 Å². The molecule has 13 heavy (non-hydrogen) atoms. The molecule has 2 rings (SSSR count). The molecule has 1 N–H and O–H groups in total. The van der Waals surface area contributed by atoms with Crippen LogP contribution < -0.4 is 5.32 Å². The molecule has 2 saturated carbocycles. The zero-order valence-corrected chi connectivity index (χ0v) is 8.59. The van der Waals surface area contributed by atoms with E-state index in [0.29, 0.717) is 0 Å². The molecule has 0 saturated heterocycles. The minimum absolute atomic E-state index is 0.721. The van der Waals surface area contributed by atoms with Gasteiger partial charge in [0.2, 0.25) is 0 Å². The van der Waals surface area contributed by atoms with Crippen molar-refractivity contribution >= 4 is 0 Å². The summed E-state index contributed by atoms with van der Waals surface area (Å²) in [5.41, 5.74) is 0. The van der Waals surface area contributed by atoms with Crippen LogP contribution >= 0.6 is 0 Å². The second kappa shape index (κ2) is 4.43. The lowest BCUT2D eigenvalue weighted by Gasteiger charge is -2.28. The Bertz CT molecular complexity index is 148. The first-order chi connectivity index (χ1) is 6.40. The summed E-state index contributed by atoms with van der Waals surface area (Å²) in [5, 5.41) is 3.43. The van der Waals surface area contributed by atoms with Gasteiger partial charge in [-0.25, -0.2) is 0 Å². The molecule has 0 amide bonds. The maximum absolute atomic E-state index is 5.02. The zero-order chi connectivity index (χ0) is 9.10. The van der Waals surface area contributed by atoms with Crippen molar-refractivity contribution in [1.29, 1.82) is 0 Å². The molecule has 2 aliphatic carbocycles. The molecule has 0 aliphatic heterocycles. The molecular weight excluding hydrogens is 162 g/mol. The smallest absolute Gasteiger partial charge is 0.0963 e. The lowest BCUT2D eigenvalue weighted by molar-refractivity contribution is 0.146. The van der Waals surface area contributed by atoms with Gasteiger partial charge >= 0.3 is 0 Å². The van der Waals surface area contributed by atoms with Crippen LogP contribution in [0.25, 0.3) is 0 Å². The van der Waals surface area contributed by atoms with E-state index in [1.807, 2.05) is 0 Å². The summed E-state index contributed by atoms with van der Waals surface area (Å²) in [6, 6.07) is 0.731. The molecule has 0 bridgehead atoms. The highest BCUT2D eigenvalue weighted by atomic mass is 16.5. The topological polar surface area (TPSA) is 21.3 Å². The Morgan fingerprint density at radius 3 is 2.00 bits per heavy atom. The van der Waals surface area contributed by atoms with Gasteiger partial charge in [-0.3, -0.25) is 5.32 Å². The molecule has 0 aromatic heterocycles. The predicted molar refractivity (Wildman–Crippen MR) is 53.5 cm³/mol. The van der Waals surface area contributed by atoms with E-state index in [0.717, 1.165) is 24.6 Å². The summed E-state index contributed by atoms with van der Waals surface area (Å²) in [7, 11) is 1.75. The molecule has 0 aromatic rings. The van der Waals surface area contributed by atoms with Crippen molar-refractivity contribution in [2.75, 3.05) is 13.8 Å². The van der Waals surface area contributed by atoms with Crippen LogP contribution in [0.2, 0.25) is 0 Å². The van der Waals surface area contributed by atoms with E-state index in [1.54, 1.807) is 7.11 Å². The minimum Gasteiger partial charge on any atom is -0.370 e. The van der Waals surface area contributed by atoms with Crippen molar-refractivity contribution in [3.63, 3.8) is 0 Å². The maximum Gasteiger partial charge on any atom is 0.0963 e. The molecule has 2 aliphatic rings. The average molecular weight is 183 g/mol. The van der Waals surface area contributed by atoms with Gasteiger partial charge in [0, 0.05) is 13.2 Å². The van der Waals surface area contributed by atoms with Crippen LogP contribution in [0.1, 0.15) is 38.5 Å². The molecule has 0 unspecified atom stereocenters. The van der Waals surface area contributed by atoms with E-state index in [4.69, 9.17) is 4.74 Å². The fourth-order valence-corrected chi connectivity index (χ4v) is 2.56. The molecule has 0 radical (unpaired) electrons. The molecule has 2 nitrogen and oxygen atoms in total. The lowest BCUT2D eigenvalue weighted by atomic mass is 9.83. The second-order valence-electron chi connectivity index (χ2n) is 4.59. The highest BCUT2D eigenvalue weighted by Gasteiger charge is 2.33. The van der Waals surface area contributed by atoms with Gasteiger partial charge in [-0.1, -0.05) is 0 Å². The number of rotatable bonds is 4. The molecule has 0 spiro atoms. The fraction of sp³-hybridized carbons (Fsp3) is 1.00. The summed E-state index contributed by atoms with van der Waals surface area (Å²) >= 11 is 0. The molecule has 2 fully saturated rings. The lowest BCUT2D eigenvalue weighted by Crippen LogP contribution is -2.34. The Hall–Kier alpha value is -0.0800. The van der Waals surface area contributed by atoms with E-state index < -0.39 is 0 Å². The maximum atomic E-state index is 5.02. The van der Waals surface area contributed by atoms with Crippen molar-refractivity contribution in [2.24, 2.45) is 11.8 Å². The summed E-state index contributed by atoms with van der Waals surface area (Å²) in [4.78, 5) is 0. The van der Waals surface area contributed by atoms with Gasteiger partial charge in [-0.2, -0.15) is 0 Å². The summed E-state index contributed by atoms with van der Waals surface area (Å²) < 4.78 is 5.02.